The number of pyridine rings is 1. The molecule has 4 atom stereocenters. The van der Waals surface area contributed by atoms with E-state index in [4.69, 9.17) is 10.2 Å². The monoisotopic (exact) mass is 401 g/mol. The molecule has 0 saturated heterocycles. The van der Waals surface area contributed by atoms with Gasteiger partial charge in [-0.2, -0.15) is 0 Å². The average molecular weight is 401 g/mol. The number of hydrogen-bond donors (Lipinski definition) is 6. The summed E-state index contributed by atoms with van der Waals surface area (Å²) in [6.07, 6.45) is -2.72. The minimum atomic E-state index is -1.36. The second-order valence-corrected chi connectivity index (χ2v) is 6.24. The van der Waals surface area contributed by atoms with E-state index in [1.54, 1.807) is 0 Å². The lowest BCUT2D eigenvalue weighted by molar-refractivity contribution is -0.00143. The van der Waals surface area contributed by atoms with E-state index in [-0.39, 0.29) is 11.4 Å². The van der Waals surface area contributed by atoms with Gasteiger partial charge < -0.3 is 40.4 Å². The van der Waals surface area contributed by atoms with Gasteiger partial charge in [-0.25, -0.2) is 4.98 Å². The van der Waals surface area contributed by atoms with Crippen LogP contribution in [0.5, 0.6) is 0 Å². The van der Waals surface area contributed by atoms with E-state index in [1.807, 2.05) is 0 Å². The van der Waals surface area contributed by atoms with E-state index >= 15 is 0 Å². The molecular formula is C17H27N3O8. The molecule has 158 valence electrons. The quantitative estimate of drug-likeness (QED) is 0.234. The molecule has 6 N–H and O–H groups in total. The second-order valence-electron chi connectivity index (χ2n) is 6.24. The van der Waals surface area contributed by atoms with Crippen molar-refractivity contribution in [2.24, 2.45) is 0 Å². The number of rotatable bonds is 10. The van der Waals surface area contributed by atoms with Gasteiger partial charge in [-0.1, -0.05) is 6.07 Å². The molecule has 0 aliphatic carbocycles. The molecule has 0 aliphatic heterocycles. The first-order valence-corrected chi connectivity index (χ1v) is 8.54. The van der Waals surface area contributed by atoms with E-state index in [9.17, 15) is 30.0 Å². The summed E-state index contributed by atoms with van der Waals surface area (Å²) in [6, 6.07) is 1.94. The molecule has 1 heterocycles. The van der Waals surface area contributed by atoms with Gasteiger partial charge in [-0.05, 0) is 12.1 Å². The van der Waals surface area contributed by atoms with Crippen molar-refractivity contribution in [1.29, 1.82) is 0 Å². The van der Waals surface area contributed by atoms with E-state index in [0.29, 0.717) is 0 Å². The highest BCUT2D eigenvalue weighted by Crippen LogP contribution is 2.12. The third-order valence-electron chi connectivity index (χ3n) is 4.46. The fourth-order valence-electron chi connectivity index (χ4n) is 2.58. The Morgan fingerprint density at radius 1 is 0.821 bits per heavy atom. The predicted molar refractivity (Wildman–Crippen MR) is 96.4 cm³/mol. The van der Waals surface area contributed by atoms with Crippen LogP contribution in [0.1, 0.15) is 21.0 Å². The van der Waals surface area contributed by atoms with Crippen LogP contribution in [0.4, 0.5) is 0 Å². The van der Waals surface area contributed by atoms with Gasteiger partial charge in [0.15, 0.2) is 0 Å². The Morgan fingerprint density at radius 3 is 1.46 bits per heavy atom. The number of amides is 2. The maximum Gasteiger partial charge on any atom is 0.272 e. The van der Waals surface area contributed by atoms with Crippen LogP contribution in [-0.4, -0.2) is 122 Å². The van der Waals surface area contributed by atoms with E-state index in [1.165, 1.54) is 32.3 Å². The minimum Gasteiger partial charge on any atom is -0.394 e. The Labute approximate surface area is 162 Å². The van der Waals surface area contributed by atoms with Crippen molar-refractivity contribution in [3.05, 3.63) is 29.6 Å². The molecule has 0 fully saturated rings. The van der Waals surface area contributed by atoms with Gasteiger partial charge in [0.1, 0.15) is 11.4 Å². The van der Waals surface area contributed by atoms with Gasteiger partial charge in [0, 0.05) is 14.1 Å². The number of nitrogens with zero attached hydrogens (tertiary/aromatic N) is 3. The standard InChI is InChI=1S/C17H27N3O8/c1-19(12(6-21)14(25)8-23)16(27)10-4-3-5-11(18-10)17(28)20(2)13(7-22)15(26)9-24/h3-5,12-15,21-26H,6-9H2,1-2H3. The molecule has 1 aromatic rings. The Hall–Kier alpha value is -2.15. The van der Waals surface area contributed by atoms with Crippen LogP contribution in [0.15, 0.2) is 18.2 Å². The lowest BCUT2D eigenvalue weighted by Crippen LogP contribution is -2.49. The van der Waals surface area contributed by atoms with Crippen LogP contribution in [-0.2, 0) is 0 Å². The maximum absolute atomic E-state index is 12.6. The SMILES string of the molecule is CN(C(=O)c1cccc(C(=O)N(C)C(CO)C(O)CO)n1)C(CO)C(O)CO. The molecule has 0 saturated carbocycles. The Balaban J connectivity index is 3.08. The number of aliphatic hydroxyl groups is 6. The zero-order valence-electron chi connectivity index (χ0n) is 15.7. The summed E-state index contributed by atoms with van der Waals surface area (Å²) in [5.41, 5.74) is -0.290. The van der Waals surface area contributed by atoms with Crippen molar-refractivity contribution >= 4 is 11.8 Å². The van der Waals surface area contributed by atoms with Gasteiger partial charge in [0.25, 0.3) is 11.8 Å². The fraction of sp³-hybridized carbons (Fsp3) is 0.588. The molecule has 1 aromatic heterocycles. The topological polar surface area (TPSA) is 175 Å². The summed E-state index contributed by atoms with van der Waals surface area (Å²) in [5, 5.41) is 56.2. The summed E-state index contributed by atoms with van der Waals surface area (Å²) >= 11 is 0. The van der Waals surface area contributed by atoms with E-state index < -0.39 is 62.5 Å². The smallest absolute Gasteiger partial charge is 0.272 e. The van der Waals surface area contributed by atoms with Crippen molar-refractivity contribution in [1.82, 2.24) is 14.8 Å². The molecule has 1 rings (SSSR count). The largest absolute Gasteiger partial charge is 0.394 e. The second kappa shape index (κ2) is 11.0. The molecule has 0 spiro atoms. The molecule has 28 heavy (non-hydrogen) atoms. The summed E-state index contributed by atoms with van der Waals surface area (Å²) in [7, 11) is 2.62. The van der Waals surface area contributed by atoms with Crippen molar-refractivity contribution in [3.8, 4) is 0 Å². The highest BCUT2D eigenvalue weighted by atomic mass is 16.3. The first kappa shape index (κ1) is 23.9. The molecule has 11 heteroatoms. The molecule has 2 amide bonds. The summed E-state index contributed by atoms with van der Waals surface area (Å²) in [4.78, 5) is 31.2. The molecule has 0 bridgehead atoms. The summed E-state index contributed by atoms with van der Waals surface area (Å²) in [6.45, 7) is -2.50. The molecule has 0 aromatic carbocycles. The van der Waals surface area contributed by atoms with Crippen LogP contribution in [0, 0.1) is 0 Å². The van der Waals surface area contributed by atoms with Crippen molar-refractivity contribution in [2.75, 3.05) is 40.5 Å². The lowest BCUT2D eigenvalue weighted by Gasteiger charge is -2.30. The highest BCUT2D eigenvalue weighted by molar-refractivity contribution is 5.96. The number of aromatic nitrogens is 1. The molecule has 11 nitrogen and oxygen atoms in total. The Bertz CT molecular complexity index is 608. The number of hydrogen-bond acceptors (Lipinski definition) is 9. The third-order valence-corrected chi connectivity index (χ3v) is 4.46. The van der Waals surface area contributed by atoms with Crippen molar-refractivity contribution in [3.63, 3.8) is 0 Å². The van der Waals surface area contributed by atoms with Crippen LogP contribution in [0.2, 0.25) is 0 Å². The Kier molecular flexibility index (Phi) is 9.38. The first-order valence-electron chi connectivity index (χ1n) is 8.54. The van der Waals surface area contributed by atoms with Gasteiger partial charge in [0.05, 0.1) is 50.7 Å². The summed E-state index contributed by atoms with van der Waals surface area (Å²) < 4.78 is 0. The lowest BCUT2D eigenvalue weighted by atomic mass is 10.1. The van der Waals surface area contributed by atoms with Crippen molar-refractivity contribution in [2.45, 2.75) is 24.3 Å². The number of carbonyl (C=O) groups is 2. The highest BCUT2D eigenvalue weighted by Gasteiger charge is 2.30. The number of likely N-dealkylation sites (N-methyl/N-ethyl adjacent to an activating group) is 2. The predicted octanol–water partition coefficient (Wildman–Crippen LogP) is -3.35. The van der Waals surface area contributed by atoms with Crippen LogP contribution in [0.25, 0.3) is 0 Å². The first-order chi connectivity index (χ1) is 13.2. The third kappa shape index (κ3) is 5.44. The molecule has 4 unspecified atom stereocenters. The molecule has 0 aliphatic rings. The zero-order valence-corrected chi connectivity index (χ0v) is 15.7. The number of carbonyl (C=O) groups excluding carboxylic acids is 2. The van der Waals surface area contributed by atoms with E-state index in [2.05, 4.69) is 4.98 Å². The van der Waals surface area contributed by atoms with Crippen LogP contribution in [0.3, 0.4) is 0 Å². The Morgan fingerprint density at radius 2 is 1.18 bits per heavy atom. The fourth-order valence-corrected chi connectivity index (χ4v) is 2.58. The van der Waals surface area contributed by atoms with Gasteiger partial charge >= 0.3 is 0 Å². The minimum absolute atomic E-state index is 0.145. The summed E-state index contributed by atoms with van der Waals surface area (Å²) in [5.74, 6) is -1.39. The zero-order chi connectivity index (χ0) is 21.4. The molecular weight excluding hydrogens is 374 g/mol. The maximum atomic E-state index is 12.6. The van der Waals surface area contributed by atoms with Gasteiger partial charge in [-0.15, -0.1) is 0 Å². The number of aliphatic hydroxyl groups excluding tert-OH is 6. The average Bonchev–Trinajstić information content (AvgIpc) is 2.72. The van der Waals surface area contributed by atoms with Gasteiger partial charge in [0.2, 0.25) is 0 Å². The normalized spacial score (nSPS) is 15.4. The van der Waals surface area contributed by atoms with Gasteiger partial charge in [-0.3, -0.25) is 9.59 Å². The van der Waals surface area contributed by atoms with Crippen LogP contribution >= 0.6 is 0 Å². The van der Waals surface area contributed by atoms with Crippen molar-refractivity contribution < 1.29 is 40.2 Å². The van der Waals surface area contributed by atoms with Crippen LogP contribution < -0.4 is 0 Å². The molecule has 0 radical (unpaired) electrons. The van der Waals surface area contributed by atoms with E-state index in [0.717, 1.165) is 9.80 Å².